The lowest BCUT2D eigenvalue weighted by Crippen LogP contribution is -2.32. The highest BCUT2D eigenvalue weighted by Crippen LogP contribution is 2.25. The lowest BCUT2D eigenvalue weighted by Gasteiger charge is -2.15. The molecule has 158 valence electrons. The van der Waals surface area contributed by atoms with Crippen molar-refractivity contribution in [3.8, 4) is 0 Å². The summed E-state index contributed by atoms with van der Waals surface area (Å²) in [4.78, 5) is 17.0. The number of aromatic nitrogens is 2. The lowest BCUT2D eigenvalue weighted by molar-refractivity contribution is -0.121. The molecule has 2 aliphatic heterocycles. The van der Waals surface area contributed by atoms with Crippen LogP contribution < -0.4 is 5.32 Å². The molecule has 3 heterocycles. The van der Waals surface area contributed by atoms with E-state index in [1.807, 2.05) is 11.6 Å². The minimum Gasteiger partial charge on any atom is -0.376 e. The Morgan fingerprint density at radius 3 is 2.79 bits per heavy atom. The summed E-state index contributed by atoms with van der Waals surface area (Å²) in [5.74, 6) is 0.743. The predicted octanol–water partition coefficient (Wildman–Crippen LogP) is 1.59. The maximum atomic E-state index is 12.8. The Morgan fingerprint density at radius 2 is 2.07 bits per heavy atom. The minimum absolute atomic E-state index is 0.0233. The largest absolute Gasteiger partial charge is 0.376 e. The fourth-order valence-electron chi connectivity index (χ4n) is 4.04. The molecule has 1 aromatic heterocycles. The number of aryl methyl sites for hydroxylation is 2. The van der Waals surface area contributed by atoms with Gasteiger partial charge < -0.3 is 14.6 Å². The summed E-state index contributed by atoms with van der Waals surface area (Å²) < 4.78 is 34.6. The molecule has 2 fully saturated rings. The number of imidazole rings is 1. The third-order valence-electron chi connectivity index (χ3n) is 5.77. The summed E-state index contributed by atoms with van der Waals surface area (Å²) in [5, 5.41) is 2.92. The standard InChI is InChI=1S/C20H28N4O4S/c1-23-18-7-6-16(29(26,27)24-10-2-3-11-24)13-17(18)22-19(23)8-9-20(25)21-14-15-5-4-12-28-15/h6-7,13,15H,2-5,8-12,14H2,1H3,(H,21,25)/t15-/m1/s1. The summed E-state index contributed by atoms with van der Waals surface area (Å²) in [7, 11) is -1.57. The Bertz CT molecular complexity index is 989. The molecule has 1 aromatic carbocycles. The van der Waals surface area contributed by atoms with Crippen LogP contribution in [0.4, 0.5) is 0 Å². The molecule has 2 aromatic rings. The molecule has 2 saturated heterocycles. The minimum atomic E-state index is -3.47. The van der Waals surface area contributed by atoms with Gasteiger partial charge in [0.05, 0.1) is 22.0 Å². The predicted molar refractivity (Wildman–Crippen MR) is 109 cm³/mol. The Labute approximate surface area is 171 Å². The van der Waals surface area contributed by atoms with Gasteiger partial charge in [0, 0.05) is 46.1 Å². The van der Waals surface area contributed by atoms with Gasteiger partial charge in [0.2, 0.25) is 15.9 Å². The number of nitrogens with one attached hydrogen (secondary N) is 1. The SMILES string of the molecule is Cn1c(CCC(=O)NC[C@H]2CCCO2)nc2cc(S(=O)(=O)N3CCCC3)ccc21. The van der Waals surface area contributed by atoms with Crippen molar-refractivity contribution in [2.45, 2.75) is 49.5 Å². The quantitative estimate of drug-likeness (QED) is 0.734. The van der Waals surface area contributed by atoms with Crippen molar-refractivity contribution in [3.63, 3.8) is 0 Å². The van der Waals surface area contributed by atoms with Crippen LogP contribution >= 0.6 is 0 Å². The first-order chi connectivity index (χ1) is 13.9. The third-order valence-corrected chi connectivity index (χ3v) is 7.67. The van der Waals surface area contributed by atoms with Gasteiger partial charge in [-0.25, -0.2) is 13.4 Å². The number of carbonyl (C=O) groups excluding carboxylic acids is 1. The van der Waals surface area contributed by atoms with Crippen LogP contribution in [0.15, 0.2) is 23.1 Å². The van der Waals surface area contributed by atoms with Crippen LogP contribution in [0.3, 0.4) is 0 Å². The maximum Gasteiger partial charge on any atom is 0.243 e. The van der Waals surface area contributed by atoms with E-state index in [-0.39, 0.29) is 16.9 Å². The second kappa shape index (κ2) is 8.41. The lowest BCUT2D eigenvalue weighted by atomic mass is 10.2. The Morgan fingerprint density at radius 1 is 1.28 bits per heavy atom. The Hall–Kier alpha value is -1.97. The van der Waals surface area contributed by atoms with Gasteiger partial charge in [-0.3, -0.25) is 4.79 Å². The van der Waals surface area contributed by atoms with Crippen LogP contribution in [0.1, 0.15) is 37.9 Å². The summed E-state index contributed by atoms with van der Waals surface area (Å²) in [6.07, 6.45) is 4.82. The Kier molecular flexibility index (Phi) is 5.89. The number of ether oxygens (including phenoxy) is 1. The zero-order chi connectivity index (χ0) is 20.4. The van der Waals surface area contributed by atoms with E-state index in [0.29, 0.717) is 38.0 Å². The van der Waals surface area contributed by atoms with Gasteiger partial charge in [-0.2, -0.15) is 4.31 Å². The Balaban J connectivity index is 1.43. The fourth-order valence-corrected chi connectivity index (χ4v) is 5.58. The average Bonchev–Trinajstić information content (AvgIpc) is 3.46. The van der Waals surface area contributed by atoms with Gasteiger partial charge in [-0.1, -0.05) is 0 Å². The molecule has 0 radical (unpaired) electrons. The van der Waals surface area contributed by atoms with Crippen LogP contribution in [0.2, 0.25) is 0 Å². The molecular formula is C20H28N4O4S. The van der Waals surface area contributed by atoms with Gasteiger partial charge >= 0.3 is 0 Å². The van der Waals surface area contributed by atoms with Crippen LogP contribution in [0.5, 0.6) is 0 Å². The molecule has 1 amide bonds. The number of amides is 1. The zero-order valence-electron chi connectivity index (χ0n) is 16.8. The monoisotopic (exact) mass is 420 g/mol. The number of hydrogen-bond acceptors (Lipinski definition) is 5. The number of sulfonamides is 1. The van der Waals surface area contributed by atoms with Crippen LogP contribution in [-0.2, 0) is 33.0 Å². The summed E-state index contributed by atoms with van der Waals surface area (Å²) in [6, 6.07) is 5.09. The number of carbonyl (C=O) groups is 1. The molecule has 9 heteroatoms. The topological polar surface area (TPSA) is 93.5 Å². The van der Waals surface area contributed by atoms with Crippen LogP contribution in [-0.4, -0.2) is 60.5 Å². The molecule has 2 aliphatic rings. The van der Waals surface area contributed by atoms with Crippen molar-refractivity contribution in [1.29, 1.82) is 0 Å². The van der Waals surface area contributed by atoms with Crippen LogP contribution in [0.25, 0.3) is 11.0 Å². The molecule has 29 heavy (non-hydrogen) atoms. The van der Waals surface area contributed by atoms with Crippen molar-refractivity contribution < 1.29 is 17.9 Å². The molecule has 0 bridgehead atoms. The normalized spacial score (nSPS) is 20.5. The van der Waals surface area contributed by atoms with Gasteiger partial charge in [0.25, 0.3) is 0 Å². The highest BCUT2D eigenvalue weighted by molar-refractivity contribution is 7.89. The van der Waals surface area contributed by atoms with E-state index >= 15 is 0 Å². The van der Waals surface area contributed by atoms with Crippen molar-refractivity contribution in [2.75, 3.05) is 26.2 Å². The van der Waals surface area contributed by atoms with Crippen molar-refractivity contribution >= 4 is 27.0 Å². The fraction of sp³-hybridized carbons (Fsp3) is 0.600. The van der Waals surface area contributed by atoms with E-state index in [4.69, 9.17) is 4.74 Å². The first-order valence-electron chi connectivity index (χ1n) is 10.3. The highest BCUT2D eigenvalue weighted by atomic mass is 32.2. The second-order valence-corrected chi connectivity index (χ2v) is 9.73. The molecular weight excluding hydrogens is 392 g/mol. The van der Waals surface area contributed by atoms with Gasteiger partial charge in [-0.15, -0.1) is 0 Å². The molecule has 0 saturated carbocycles. The number of hydrogen-bond donors (Lipinski definition) is 1. The molecule has 0 unspecified atom stereocenters. The molecule has 1 atom stereocenters. The van der Waals surface area contributed by atoms with E-state index in [1.54, 1.807) is 18.2 Å². The number of fused-ring (bicyclic) bond motifs is 1. The van der Waals surface area contributed by atoms with Crippen molar-refractivity contribution in [2.24, 2.45) is 7.05 Å². The molecule has 8 nitrogen and oxygen atoms in total. The summed E-state index contributed by atoms with van der Waals surface area (Å²) in [5.41, 5.74) is 1.50. The number of nitrogens with zero attached hydrogens (tertiary/aromatic N) is 3. The molecule has 4 rings (SSSR count). The summed E-state index contributed by atoms with van der Waals surface area (Å²) >= 11 is 0. The van der Waals surface area contributed by atoms with Crippen LogP contribution in [0, 0.1) is 0 Å². The highest BCUT2D eigenvalue weighted by Gasteiger charge is 2.27. The van der Waals surface area contributed by atoms with E-state index < -0.39 is 10.0 Å². The van der Waals surface area contributed by atoms with Gasteiger partial charge in [0.15, 0.2) is 0 Å². The van der Waals surface area contributed by atoms with Gasteiger partial charge in [-0.05, 0) is 43.9 Å². The first kappa shape index (κ1) is 20.3. The number of rotatable bonds is 7. The molecule has 0 aliphatic carbocycles. The van der Waals surface area contributed by atoms with E-state index in [1.165, 1.54) is 4.31 Å². The first-order valence-corrected chi connectivity index (χ1v) is 11.7. The van der Waals surface area contributed by atoms with E-state index in [0.717, 1.165) is 43.6 Å². The smallest absolute Gasteiger partial charge is 0.243 e. The maximum absolute atomic E-state index is 12.8. The molecule has 1 N–H and O–H groups in total. The van der Waals surface area contributed by atoms with E-state index in [9.17, 15) is 13.2 Å². The molecule has 0 spiro atoms. The van der Waals surface area contributed by atoms with E-state index in [2.05, 4.69) is 10.3 Å². The second-order valence-electron chi connectivity index (χ2n) is 7.79. The average molecular weight is 421 g/mol. The van der Waals surface area contributed by atoms with Crippen molar-refractivity contribution in [3.05, 3.63) is 24.0 Å². The summed E-state index contributed by atoms with van der Waals surface area (Å²) in [6.45, 7) is 2.48. The third kappa shape index (κ3) is 4.31. The number of benzene rings is 1. The van der Waals surface area contributed by atoms with Crippen molar-refractivity contribution in [1.82, 2.24) is 19.2 Å². The zero-order valence-corrected chi connectivity index (χ0v) is 17.6. The van der Waals surface area contributed by atoms with Gasteiger partial charge in [0.1, 0.15) is 5.82 Å².